The third-order valence-electron chi connectivity index (χ3n) is 3.58. The van der Waals surface area contributed by atoms with E-state index in [2.05, 4.69) is 16.1 Å². The highest BCUT2D eigenvalue weighted by molar-refractivity contribution is 4.90. The summed E-state index contributed by atoms with van der Waals surface area (Å²) in [6, 6.07) is 0. The zero-order valence-electron chi connectivity index (χ0n) is 10.7. The van der Waals surface area contributed by atoms with Gasteiger partial charge in [-0.15, -0.1) is 6.42 Å². The fraction of sp³-hybridized carbons (Fsp3) is 0.857. The molecule has 1 saturated heterocycles. The van der Waals surface area contributed by atoms with Crippen LogP contribution >= 0.6 is 0 Å². The second-order valence-electron chi connectivity index (χ2n) is 5.20. The average Bonchev–Trinajstić information content (AvgIpc) is 3.15. The van der Waals surface area contributed by atoms with Crippen molar-refractivity contribution >= 4 is 0 Å². The molecule has 96 valence electrons. The maximum absolute atomic E-state index is 5.91. The number of piperidine rings is 1. The standard InChI is InChI=1S/C14H24N2O/c1-2-9-16(12-13-3-4-13)10-11-17-14-5-7-15-8-6-14/h1,13-15H,3-12H2. The lowest BCUT2D eigenvalue weighted by Gasteiger charge is -2.25. The number of ether oxygens (including phenoxy) is 1. The SMILES string of the molecule is C#CCN(CCOC1CCNCC1)CC1CC1. The van der Waals surface area contributed by atoms with E-state index >= 15 is 0 Å². The molecule has 2 rings (SSSR count). The molecule has 1 aliphatic carbocycles. The van der Waals surface area contributed by atoms with Gasteiger partial charge in [0.1, 0.15) is 0 Å². The zero-order valence-corrected chi connectivity index (χ0v) is 10.7. The zero-order chi connectivity index (χ0) is 11.9. The van der Waals surface area contributed by atoms with Gasteiger partial charge in [0.15, 0.2) is 0 Å². The van der Waals surface area contributed by atoms with E-state index in [1.54, 1.807) is 0 Å². The van der Waals surface area contributed by atoms with Crippen LogP contribution in [0.15, 0.2) is 0 Å². The second kappa shape index (κ2) is 7.00. The van der Waals surface area contributed by atoms with Crippen LogP contribution in [0.1, 0.15) is 25.7 Å². The van der Waals surface area contributed by atoms with Gasteiger partial charge in [0, 0.05) is 13.1 Å². The lowest BCUT2D eigenvalue weighted by atomic mass is 10.1. The summed E-state index contributed by atoms with van der Waals surface area (Å²) in [5.41, 5.74) is 0. The molecule has 1 N–H and O–H groups in total. The summed E-state index contributed by atoms with van der Waals surface area (Å²) >= 11 is 0. The van der Waals surface area contributed by atoms with Crippen molar-refractivity contribution in [3.8, 4) is 12.3 Å². The first kappa shape index (κ1) is 12.9. The molecule has 1 saturated carbocycles. The van der Waals surface area contributed by atoms with Gasteiger partial charge in [-0.3, -0.25) is 4.90 Å². The van der Waals surface area contributed by atoms with Gasteiger partial charge in [0.2, 0.25) is 0 Å². The smallest absolute Gasteiger partial charge is 0.0600 e. The summed E-state index contributed by atoms with van der Waals surface area (Å²) < 4.78 is 5.91. The molecular formula is C14H24N2O. The first-order valence-electron chi connectivity index (χ1n) is 6.86. The quantitative estimate of drug-likeness (QED) is 0.670. The van der Waals surface area contributed by atoms with E-state index in [0.717, 1.165) is 51.5 Å². The predicted octanol–water partition coefficient (Wildman–Crippen LogP) is 1.10. The Morgan fingerprint density at radius 1 is 1.24 bits per heavy atom. The van der Waals surface area contributed by atoms with Crippen LogP contribution in [0.5, 0.6) is 0 Å². The Kier molecular flexibility index (Phi) is 5.31. The molecule has 0 aromatic carbocycles. The Labute approximate surface area is 105 Å². The van der Waals surface area contributed by atoms with Crippen LogP contribution in [0.3, 0.4) is 0 Å². The van der Waals surface area contributed by atoms with Crippen molar-refractivity contribution in [2.45, 2.75) is 31.8 Å². The van der Waals surface area contributed by atoms with Crippen molar-refractivity contribution in [1.82, 2.24) is 10.2 Å². The molecule has 2 aliphatic rings. The van der Waals surface area contributed by atoms with Crippen LogP contribution in [0.4, 0.5) is 0 Å². The van der Waals surface area contributed by atoms with Gasteiger partial charge >= 0.3 is 0 Å². The summed E-state index contributed by atoms with van der Waals surface area (Å²) in [4.78, 5) is 2.36. The summed E-state index contributed by atoms with van der Waals surface area (Å²) in [6.07, 6.45) is 10.9. The molecule has 3 heteroatoms. The molecular weight excluding hydrogens is 212 g/mol. The maximum Gasteiger partial charge on any atom is 0.0600 e. The van der Waals surface area contributed by atoms with E-state index in [1.165, 1.54) is 19.4 Å². The topological polar surface area (TPSA) is 24.5 Å². The fourth-order valence-electron chi connectivity index (χ4n) is 2.34. The van der Waals surface area contributed by atoms with Crippen molar-refractivity contribution in [3.05, 3.63) is 0 Å². The summed E-state index contributed by atoms with van der Waals surface area (Å²) in [5.74, 6) is 3.65. The highest BCUT2D eigenvalue weighted by atomic mass is 16.5. The highest BCUT2D eigenvalue weighted by Crippen LogP contribution is 2.29. The van der Waals surface area contributed by atoms with Gasteiger partial charge < -0.3 is 10.1 Å². The van der Waals surface area contributed by atoms with Crippen molar-refractivity contribution in [1.29, 1.82) is 0 Å². The van der Waals surface area contributed by atoms with Gasteiger partial charge in [-0.25, -0.2) is 0 Å². The molecule has 0 aromatic rings. The second-order valence-corrected chi connectivity index (χ2v) is 5.20. The first-order chi connectivity index (χ1) is 8.38. The largest absolute Gasteiger partial charge is 0.377 e. The first-order valence-corrected chi connectivity index (χ1v) is 6.86. The van der Waals surface area contributed by atoms with Crippen molar-refractivity contribution in [3.63, 3.8) is 0 Å². The predicted molar refractivity (Wildman–Crippen MR) is 69.8 cm³/mol. The minimum atomic E-state index is 0.463. The van der Waals surface area contributed by atoms with Gasteiger partial charge in [-0.2, -0.15) is 0 Å². The molecule has 0 spiro atoms. The summed E-state index contributed by atoms with van der Waals surface area (Å²) in [6.45, 7) is 5.96. The molecule has 17 heavy (non-hydrogen) atoms. The van der Waals surface area contributed by atoms with Crippen LogP contribution in [0.2, 0.25) is 0 Å². The Bertz CT molecular complexity index is 251. The number of nitrogens with zero attached hydrogens (tertiary/aromatic N) is 1. The van der Waals surface area contributed by atoms with Gasteiger partial charge in [0.05, 0.1) is 19.3 Å². The van der Waals surface area contributed by atoms with Crippen LogP contribution in [0.25, 0.3) is 0 Å². The van der Waals surface area contributed by atoms with E-state index < -0.39 is 0 Å². The van der Waals surface area contributed by atoms with Crippen LogP contribution < -0.4 is 5.32 Å². The van der Waals surface area contributed by atoms with E-state index in [9.17, 15) is 0 Å². The molecule has 0 unspecified atom stereocenters. The van der Waals surface area contributed by atoms with E-state index in [0.29, 0.717) is 6.10 Å². The Morgan fingerprint density at radius 2 is 2.00 bits per heavy atom. The lowest BCUT2D eigenvalue weighted by molar-refractivity contribution is 0.0212. The third kappa shape index (κ3) is 5.08. The molecule has 0 aromatic heterocycles. The molecule has 0 atom stereocenters. The van der Waals surface area contributed by atoms with Crippen LogP contribution in [-0.4, -0.2) is 50.3 Å². The van der Waals surface area contributed by atoms with Crippen molar-refractivity contribution < 1.29 is 4.74 Å². The molecule has 3 nitrogen and oxygen atoms in total. The fourth-order valence-corrected chi connectivity index (χ4v) is 2.34. The van der Waals surface area contributed by atoms with Gasteiger partial charge in [-0.1, -0.05) is 5.92 Å². The third-order valence-corrected chi connectivity index (χ3v) is 3.58. The number of rotatable bonds is 7. The molecule has 1 aliphatic heterocycles. The van der Waals surface area contributed by atoms with E-state index in [1.807, 2.05) is 0 Å². The molecule has 0 radical (unpaired) electrons. The van der Waals surface area contributed by atoms with E-state index in [4.69, 9.17) is 11.2 Å². The van der Waals surface area contributed by atoms with Crippen LogP contribution in [-0.2, 0) is 4.74 Å². The van der Waals surface area contributed by atoms with Crippen LogP contribution in [0, 0.1) is 18.3 Å². The maximum atomic E-state index is 5.91. The van der Waals surface area contributed by atoms with Gasteiger partial charge in [0.25, 0.3) is 0 Å². The van der Waals surface area contributed by atoms with Crippen molar-refractivity contribution in [2.75, 3.05) is 39.3 Å². The number of nitrogens with one attached hydrogen (secondary N) is 1. The Morgan fingerprint density at radius 3 is 2.65 bits per heavy atom. The summed E-state index contributed by atoms with van der Waals surface area (Å²) in [5, 5.41) is 3.35. The average molecular weight is 236 g/mol. The highest BCUT2D eigenvalue weighted by Gasteiger charge is 2.24. The van der Waals surface area contributed by atoms with E-state index in [-0.39, 0.29) is 0 Å². The molecule has 0 amide bonds. The van der Waals surface area contributed by atoms with Crippen molar-refractivity contribution in [2.24, 2.45) is 5.92 Å². The Hall–Kier alpha value is -0.560. The lowest BCUT2D eigenvalue weighted by Crippen LogP contribution is -2.35. The number of hydrogen-bond donors (Lipinski definition) is 1. The van der Waals surface area contributed by atoms with Gasteiger partial charge in [-0.05, 0) is 44.7 Å². The number of hydrogen-bond acceptors (Lipinski definition) is 3. The molecule has 2 fully saturated rings. The Balaban J connectivity index is 1.58. The normalized spacial score (nSPS) is 21.6. The molecule has 1 heterocycles. The molecule has 0 bridgehead atoms. The number of terminal acetylenes is 1. The minimum Gasteiger partial charge on any atom is -0.377 e. The minimum absolute atomic E-state index is 0.463. The monoisotopic (exact) mass is 236 g/mol. The summed E-state index contributed by atoms with van der Waals surface area (Å²) in [7, 11) is 0.